The quantitative estimate of drug-likeness (QED) is 0.789. The first kappa shape index (κ1) is 16.8. The number of carbonyl (C=O) groups excluding carboxylic acids is 1. The minimum Gasteiger partial charge on any atom is -0.362 e. The van der Waals surface area contributed by atoms with Gasteiger partial charge < -0.3 is 4.90 Å². The van der Waals surface area contributed by atoms with E-state index >= 15 is 0 Å². The number of carbonyl (C=O) groups is 1. The number of nitrogens with zero attached hydrogens (tertiary/aromatic N) is 3. The lowest BCUT2D eigenvalue weighted by atomic mass is 9.71. The van der Waals surface area contributed by atoms with Crippen LogP contribution in [0.4, 0.5) is 8.78 Å². The van der Waals surface area contributed by atoms with Gasteiger partial charge in [0.1, 0.15) is 11.3 Å². The zero-order valence-corrected chi connectivity index (χ0v) is 14.9. The van der Waals surface area contributed by atoms with Crippen LogP contribution in [-0.2, 0) is 22.6 Å². The van der Waals surface area contributed by atoms with Gasteiger partial charge in [0.2, 0.25) is 0 Å². The Hall–Kier alpha value is -2.63. The molecule has 0 saturated carbocycles. The summed E-state index contributed by atoms with van der Waals surface area (Å²) in [5.74, 6) is -2.79. The maximum atomic E-state index is 14.0. The summed E-state index contributed by atoms with van der Waals surface area (Å²) in [6, 6.07) is 8.20. The molecule has 0 radical (unpaired) electrons. The van der Waals surface area contributed by atoms with Crippen molar-refractivity contribution >= 4 is 11.7 Å². The number of alkyl halides is 2. The molecule has 1 aromatic carbocycles. The van der Waals surface area contributed by atoms with Crippen molar-refractivity contribution < 1.29 is 13.6 Å². The Morgan fingerprint density at radius 2 is 1.96 bits per heavy atom. The molecule has 1 aromatic heterocycles. The van der Waals surface area contributed by atoms with Gasteiger partial charge in [0.25, 0.3) is 11.8 Å². The van der Waals surface area contributed by atoms with Crippen molar-refractivity contribution in [2.24, 2.45) is 4.99 Å². The number of rotatable bonds is 1. The summed E-state index contributed by atoms with van der Waals surface area (Å²) in [6.07, 6.45) is 2.81. The normalized spacial score (nSPS) is 21.4. The molecular formula is C20H19F2N3O. The highest BCUT2D eigenvalue weighted by atomic mass is 19.3. The molecular weight excluding hydrogens is 336 g/mol. The standard InChI is InChI=1S/C20H19F2N3O/c1-19(21,22)12-6-7-13-15(11-12)20(18(26)24-17(13)25(2)3)9-8-16-14(20)5-4-10-23-16/h4-7,10-11H,8-9H2,1-3H3. The lowest BCUT2D eigenvalue weighted by Crippen LogP contribution is -2.42. The van der Waals surface area contributed by atoms with Crippen molar-refractivity contribution in [1.29, 1.82) is 0 Å². The van der Waals surface area contributed by atoms with Gasteiger partial charge in [-0.25, -0.2) is 8.78 Å². The summed E-state index contributed by atoms with van der Waals surface area (Å²) >= 11 is 0. The van der Waals surface area contributed by atoms with Crippen molar-refractivity contribution in [3.63, 3.8) is 0 Å². The molecule has 0 bridgehead atoms. The first-order valence-corrected chi connectivity index (χ1v) is 8.53. The Labute approximate surface area is 150 Å². The van der Waals surface area contributed by atoms with Gasteiger partial charge in [-0.3, -0.25) is 9.78 Å². The molecule has 2 aromatic rings. The predicted molar refractivity (Wildman–Crippen MR) is 94.6 cm³/mol. The van der Waals surface area contributed by atoms with Crippen LogP contribution in [0.5, 0.6) is 0 Å². The van der Waals surface area contributed by atoms with Gasteiger partial charge in [-0.2, -0.15) is 4.99 Å². The van der Waals surface area contributed by atoms with E-state index in [9.17, 15) is 13.6 Å². The second-order valence-corrected chi connectivity index (χ2v) is 7.19. The molecule has 1 spiro atoms. The molecule has 4 nitrogen and oxygen atoms in total. The zero-order chi connectivity index (χ0) is 18.7. The monoisotopic (exact) mass is 355 g/mol. The molecule has 134 valence electrons. The van der Waals surface area contributed by atoms with E-state index in [2.05, 4.69) is 9.98 Å². The van der Waals surface area contributed by atoms with Gasteiger partial charge in [-0.05, 0) is 36.1 Å². The summed E-state index contributed by atoms with van der Waals surface area (Å²) in [4.78, 5) is 23.7. The maximum Gasteiger partial charge on any atom is 0.270 e. The number of aryl methyl sites for hydroxylation is 1. The van der Waals surface area contributed by atoms with Crippen LogP contribution in [0.15, 0.2) is 41.5 Å². The fraction of sp³-hybridized carbons (Fsp3) is 0.350. The predicted octanol–water partition coefficient (Wildman–Crippen LogP) is 3.27. The van der Waals surface area contributed by atoms with Gasteiger partial charge >= 0.3 is 0 Å². The first-order chi connectivity index (χ1) is 12.2. The molecule has 0 saturated heterocycles. The number of fused-ring (bicyclic) bond motifs is 4. The number of pyridine rings is 1. The third kappa shape index (κ3) is 2.21. The zero-order valence-electron chi connectivity index (χ0n) is 14.9. The van der Waals surface area contributed by atoms with Crippen molar-refractivity contribution in [2.75, 3.05) is 14.1 Å². The van der Waals surface area contributed by atoms with Crippen LogP contribution in [0.25, 0.3) is 0 Å². The van der Waals surface area contributed by atoms with E-state index in [0.717, 1.165) is 23.7 Å². The summed E-state index contributed by atoms with van der Waals surface area (Å²) in [7, 11) is 3.58. The number of amides is 1. The van der Waals surface area contributed by atoms with Crippen LogP contribution < -0.4 is 0 Å². The van der Waals surface area contributed by atoms with Gasteiger partial charge in [-0.1, -0.05) is 18.2 Å². The smallest absolute Gasteiger partial charge is 0.270 e. The summed E-state index contributed by atoms with van der Waals surface area (Å²) in [5, 5.41) is 0. The lowest BCUT2D eigenvalue weighted by molar-refractivity contribution is -0.122. The minimum atomic E-state index is -2.98. The number of benzene rings is 1. The van der Waals surface area contributed by atoms with Crippen molar-refractivity contribution in [3.05, 3.63) is 64.5 Å². The second-order valence-electron chi connectivity index (χ2n) is 7.19. The van der Waals surface area contributed by atoms with E-state index in [0.29, 0.717) is 24.2 Å². The maximum absolute atomic E-state index is 14.0. The minimum absolute atomic E-state index is 0.0965. The Bertz CT molecular complexity index is 946. The highest BCUT2D eigenvalue weighted by Crippen LogP contribution is 2.48. The largest absolute Gasteiger partial charge is 0.362 e. The number of halogens is 2. The van der Waals surface area contributed by atoms with Gasteiger partial charge in [0, 0.05) is 44.0 Å². The molecule has 0 fully saturated rings. The van der Waals surface area contributed by atoms with Gasteiger partial charge in [0.05, 0.1) is 0 Å². The van der Waals surface area contributed by atoms with Crippen LogP contribution in [-0.4, -0.2) is 35.7 Å². The molecule has 1 unspecified atom stereocenters. The number of hydrogen-bond donors (Lipinski definition) is 0. The second kappa shape index (κ2) is 5.43. The Kier molecular flexibility index (Phi) is 3.51. The van der Waals surface area contributed by atoms with E-state index in [1.165, 1.54) is 12.1 Å². The van der Waals surface area contributed by atoms with Crippen molar-refractivity contribution in [1.82, 2.24) is 9.88 Å². The number of hydrogen-bond acceptors (Lipinski definition) is 3. The third-order valence-electron chi connectivity index (χ3n) is 5.31. The number of aliphatic imine (C=N–C) groups is 1. The van der Waals surface area contributed by atoms with E-state index in [1.807, 2.05) is 6.07 Å². The molecule has 6 heteroatoms. The van der Waals surface area contributed by atoms with Crippen molar-refractivity contribution in [2.45, 2.75) is 31.1 Å². The third-order valence-corrected chi connectivity index (χ3v) is 5.31. The van der Waals surface area contributed by atoms with Crippen LogP contribution in [0, 0.1) is 0 Å². The molecule has 1 aliphatic carbocycles. The Balaban J connectivity index is 2.04. The SMILES string of the molecule is CN(C)C1=NC(=O)C2(CCc3ncccc32)c2cc(C(C)(F)F)ccc21. The molecule has 26 heavy (non-hydrogen) atoms. The fourth-order valence-electron chi connectivity index (χ4n) is 4.04. The highest BCUT2D eigenvalue weighted by molar-refractivity contribution is 6.14. The number of aromatic nitrogens is 1. The first-order valence-electron chi connectivity index (χ1n) is 8.53. The summed E-state index contributed by atoms with van der Waals surface area (Å²) in [6.45, 7) is 0.872. The Morgan fingerprint density at radius 3 is 2.65 bits per heavy atom. The fourth-order valence-corrected chi connectivity index (χ4v) is 4.04. The molecule has 1 aliphatic heterocycles. The molecule has 2 heterocycles. The molecule has 1 amide bonds. The average molecular weight is 355 g/mol. The van der Waals surface area contributed by atoms with Crippen LogP contribution in [0.3, 0.4) is 0 Å². The van der Waals surface area contributed by atoms with Crippen LogP contribution in [0.2, 0.25) is 0 Å². The van der Waals surface area contributed by atoms with Gasteiger partial charge in [-0.15, -0.1) is 0 Å². The highest BCUT2D eigenvalue weighted by Gasteiger charge is 2.51. The van der Waals surface area contributed by atoms with E-state index < -0.39 is 11.3 Å². The van der Waals surface area contributed by atoms with Crippen LogP contribution in [0.1, 0.15) is 41.3 Å². The molecule has 0 N–H and O–H groups in total. The van der Waals surface area contributed by atoms with E-state index in [-0.39, 0.29) is 11.5 Å². The summed E-state index contributed by atoms with van der Waals surface area (Å²) < 4.78 is 28.0. The summed E-state index contributed by atoms with van der Waals surface area (Å²) in [5.41, 5.74) is 1.82. The van der Waals surface area contributed by atoms with E-state index in [1.54, 1.807) is 37.3 Å². The van der Waals surface area contributed by atoms with E-state index in [4.69, 9.17) is 0 Å². The van der Waals surface area contributed by atoms with Crippen molar-refractivity contribution in [3.8, 4) is 0 Å². The number of amidine groups is 1. The molecule has 4 rings (SSSR count). The molecule has 2 aliphatic rings. The van der Waals surface area contributed by atoms with Crippen LogP contribution >= 0.6 is 0 Å². The lowest BCUT2D eigenvalue weighted by Gasteiger charge is -2.35. The average Bonchev–Trinajstić information content (AvgIpc) is 2.98. The molecule has 1 atom stereocenters. The van der Waals surface area contributed by atoms with Gasteiger partial charge in [0.15, 0.2) is 0 Å². The topological polar surface area (TPSA) is 45.6 Å². The Morgan fingerprint density at radius 1 is 1.19 bits per heavy atom.